The second kappa shape index (κ2) is 12.0. The molecule has 0 radical (unpaired) electrons. The van der Waals surface area contributed by atoms with E-state index in [9.17, 15) is 18.0 Å². The molecular formula is C29H34ClN3O4S. The fourth-order valence-corrected chi connectivity index (χ4v) is 5.56. The van der Waals surface area contributed by atoms with Gasteiger partial charge in [-0.25, -0.2) is 8.42 Å². The van der Waals surface area contributed by atoms with Crippen molar-refractivity contribution in [1.82, 2.24) is 10.2 Å². The van der Waals surface area contributed by atoms with E-state index in [4.69, 9.17) is 11.6 Å². The summed E-state index contributed by atoms with van der Waals surface area (Å²) in [6, 6.07) is 21.2. The molecule has 202 valence electrons. The Morgan fingerprint density at radius 2 is 1.50 bits per heavy atom. The largest absolute Gasteiger partial charge is 0.350 e. The average molecular weight is 556 g/mol. The number of nitrogens with zero attached hydrogens (tertiary/aromatic N) is 2. The molecule has 7 nitrogen and oxygen atoms in total. The van der Waals surface area contributed by atoms with E-state index >= 15 is 0 Å². The Bertz CT molecular complexity index is 1370. The monoisotopic (exact) mass is 555 g/mol. The maximum atomic E-state index is 13.9. The van der Waals surface area contributed by atoms with Crippen molar-refractivity contribution < 1.29 is 18.0 Å². The molecule has 0 unspecified atom stereocenters. The summed E-state index contributed by atoms with van der Waals surface area (Å²) in [4.78, 5) is 28.4. The van der Waals surface area contributed by atoms with Crippen LogP contribution in [0, 0.1) is 6.92 Å². The second-order valence-corrected chi connectivity index (χ2v) is 12.5. The molecule has 3 rings (SSSR count). The molecular weight excluding hydrogens is 522 g/mol. The standard InChI is InChI=1S/C29H34ClN3O4S/c1-21-15-17-24(18-16-21)38(36,37)33(26-14-10-9-13-25(26)30)20-27(34)32(19-23-11-7-6-8-12-23)22(2)28(35)31-29(3,4)5/h6-18,22H,19-20H2,1-5H3,(H,31,35)/t22-/m0/s1. The summed E-state index contributed by atoms with van der Waals surface area (Å²) in [6.07, 6.45) is 0. The van der Waals surface area contributed by atoms with Crippen LogP contribution in [0.2, 0.25) is 5.02 Å². The number of carbonyl (C=O) groups excluding carboxylic acids is 2. The minimum Gasteiger partial charge on any atom is -0.350 e. The van der Waals surface area contributed by atoms with Gasteiger partial charge in [0.25, 0.3) is 10.0 Å². The smallest absolute Gasteiger partial charge is 0.264 e. The fourth-order valence-electron chi connectivity index (χ4n) is 3.84. The minimum atomic E-state index is -4.17. The van der Waals surface area contributed by atoms with Gasteiger partial charge in [-0.2, -0.15) is 0 Å². The summed E-state index contributed by atoms with van der Waals surface area (Å²) in [5.74, 6) is -0.881. The number of amides is 2. The van der Waals surface area contributed by atoms with E-state index < -0.39 is 34.1 Å². The number of nitrogens with one attached hydrogen (secondary N) is 1. The highest BCUT2D eigenvalue weighted by atomic mass is 35.5. The maximum absolute atomic E-state index is 13.9. The number of benzene rings is 3. The number of carbonyl (C=O) groups is 2. The van der Waals surface area contributed by atoms with Crippen molar-refractivity contribution in [3.8, 4) is 0 Å². The van der Waals surface area contributed by atoms with Crippen molar-refractivity contribution in [2.45, 2.75) is 57.6 Å². The van der Waals surface area contributed by atoms with E-state index in [1.807, 2.05) is 58.0 Å². The van der Waals surface area contributed by atoms with E-state index in [0.717, 1.165) is 15.4 Å². The zero-order valence-corrected chi connectivity index (χ0v) is 23.9. The van der Waals surface area contributed by atoms with Gasteiger partial charge in [0.05, 0.1) is 15.6 Å². The molecule has 1 N–H and O–H groups in total. The summed E-state index contributed by atoms with van der Waals surface area (Å²) in [5.41, 5.74) is 1.37. The first kappa shape index (κ1) is 29.2. The van der Waals surface area contributed by atoms with Crippen LogP contribution in [-0.2, 0) is 26.2 Å². The Morgan fingerprint density at radius 1 is 0.921 bits per heavy atom. The van der Waals surface area contributed by atoms with Crippen molar-refractivity contribution in [2.75, 3.05) is 10.8 Å². The third-order valence-electron chi connectivity index (χ3n) is 5.87. The van der Waals surface area contributed by atoms with Gasteiger partial charge < -0.3 is 10.2 Å². The Balaban J connectivity index is 2.04. The molecule has 0 saturated heterocycles. The molecule has 0 aromatic heterocycles. The van der Waals surface area contributed by atoms with E-state index in [-0.39, 0.29) is 28.1 Å². The zero-order chi connectivity index (χ0) is 28.1. The minimum absolute atomic E-state index is 0.0314. The normalized spacial score (nSPS) is 12.5. The van der Waals surface area contributed by atoms with Crippen LogP contribution in [0.25, 0.3) is 0 Å². The van der Waals surface area contributed by atoms with Crippen molar-refractivity contribution in [3.05, 3.63) is 95.0 Å². The second-order valence-electron chi connectivity index (χ2n) is 10.2. The number of hydrogen-bond donors (Lipinski definition) is 1. The van der Waals surface area contributed by atoms with Gasteiger partial charge in [0.2, 0.25) is 11.8 Å². The lowest BCUT2D eigenvalue weighted by atomic mass is 10.1. The van der Waals surface area contributed by atoms with Crippen molar-refractivity contribution >= 4 is 39.1 Å². The van der Waals surface area contributed by atoms with Gasteiger partial charge in [-0.05, 0) is 64.4 Å². The van der Waals surface area contributed by atoms with Crippen LogP contribution in [0.4, 0.5) is 5.69 Å². The van der Waals surface area contributed by atoms with Gasteiger partial charge in [0.1, 0.15) is 12.6 Å². The third kappa shape index (κ3) is 7.36. The van der Waals surface area contributed by atoms with E-state index in [2.05, 4.69) is 5.32 Å². The predicted octanol–water partition coefficient (Wildman–Crippen LogP) is 5.18. The number of anilines is 1. The summed E-state index contributed by atoms with van der Waals surface area (Å²) in [6.45, 7) is 8.64. The maximum Gasteiger partial charge on any atom is 0.264 e. The molecule has 0 spiro atoms. The highest BCUT2D eigenvalue weighted by molar-refractivity contribution is 7.92. The lowest BCUT2D eigenvalue weighted by Gasteiger charge is -2.33. The lowest BCUT2D eigenvalue weighted by molar-refractivity contribution is -0.140. The van der Waals surface area contributed by atoms with E-state index in [1.165, 1.54) is 17.0 Å². The first-order chi connectivity index (χ1) is 17.8. The van der Waals surface area contributed by atoms with Gasteiger partial charge in [-0.3, -0.25) is 13.9 Å². The molecule has 0 aliphatic carbocycles. The molecule has 2 amide bonds. The molecule has 0 aliphatic heterocycles. The summed E-state index contributed by atoms with van der Waals surface area (Å²) >= 11 is 6.42. The predicted molar refractivity (Wildman–Crippen MR) is 152 cm³/mol. The van der Waals surface area contributed by atoms with Crippen LogP contribution in [0.5, 0.6) is 0 Å². The number of sulfonamides is 1. The van der Waals surface area contributed by atoms with Gasteiger partial charge >= 0.3 is 0 Å². The van der Waals surface area contributed by atoms with E-state index in [0.29, 0.717) is 0 Å². The van der Waals surface area contributed by atoms with Gasteiger partial charge in [0, 0.05) is 12.1 Å². The molecule has 0 bridgehead atoms. The number of para-hydroxylation sites is 1. The highest BCUT2D eigenvalue weighted by Crippen LogP contribution is 2.31. The summed E-state index contributed by atoms with van der Waals surface area (Å²) < 4.78 is 28.7. The van der Waals surface area contributed by atoms with Crippen molar-refractivity contribution in [3.63, 3.8) is 0 Å². The molecule has 0 saturated carbocycles. The van der Waals surface area contributed by atoms with Gasteiger partial charge in [-0.1, -0.05) is 71.8 Å². The van der Waals surface area contributed by atoms with E-state index in [1.54, 1.807) is 43.3 Å². The third-order valence-corrected chi connectivity index (χ3v) is 7.96. The topological polar surface area (TPSA) is 86.8 Å². The Hall–Kier alpha value is -3.36. The molecule has 1 atom stereocenters. The van der Waals surface area contributed by atoms with Crippen LogP contribution in [0.1, 0.15) is 38.8 Å². The quantitative estimate of drug-likeness (QED) is 0.394. The Labute approximate surface area is 230 Å². The van der Waals surface area contributed by atoms with Crippen LogP contribution in [0.15, 0.2) is 83.8 Å². The SMILES string of the molecule is Cc1ccc(S(=O)(=O)N(CC(=O)N(Cc2ccccc2)[C@@H](C)C(=O)NC(C)(C)C)c2ccccc2Cl)cc1. The molecule has 3 aromatic rings. The van der Waals surface area contributed by atoms with Crippen LogP contribution in [0.3, 0.4) is 0 Å². The number of aryl methyl sites for hydroxylation is 1. The Kier molecular flexibility index (Phi) is 9.22. The molecule has 0 heterocycles. The highest BCUT2D eigenvalue weighted by Gasteiger charge is 2.34. The number of rotatable bonds is 9. The number of halogens is 1. The van der Waals surface area contributed by atoms with Crippen molar-refractivity contribution in [2.24, 2.45) is 0 Å². The van der Waals surface area contributed by atoms with Gasteiger partial charge in [0.15, 0.2) is 0 Å². The first-order valence-electron chi connectivity index (χ1n) is 12.3. The summed E-state index contributed by atoms with van der Waals surface area (Å²) in [7, 11) is -4.17. The molecule has 3 aromatic carbocycles. The lowest BCUT2D eigenvalue weighted by Crippen LogP contribution is -2.54. The molecule has 38 heavy (non-hydrogen) atoms. The van der Waals surface area contributed by atoms with Crippen LogP contribution < -0.4 is 9.62 Å². The first-order valence-corrected chi connectivity index (χ1v) is 14.1. The fraction of sp³-hybridized carbons (Fsp3) is 0.310. The average Bonchev–Trinajstić information content (AvgIpc) is 2.85. The van der Waals surface area contributed by atoms with Crippen molar-refractivity contribution in [1.29, 1.82) is 0 Å². The van der Waals surface area contributed by atoms with Gasteiger partial charge in [-0.15, -0.1) is 0 Å². The summed E-state index contributed by atoms with van der Waals surface area (Å²) in [5, 5.41) is 3.09. The van der Waals surface area contributed by atoms with Crippen LogP contribution in [-0.4, -0.2) is 43.3 Å². The zero-order valence-electron chi connectivity index (χ0n) is 22.3. The number of hydrogen-bond acceptors (Lipinski definition) is 4. The molecule has 0 aliphatic rings. The molecule has 0 fully saturated rings. The molecule has 9 heteroatoms. The Morgan fingerprint density at radius 3 is 2.08 bits per heavy atom. The van der Waals surface area contributed by atoms with Crippen LogP contribution >= 0.6 is 11.6 Å².